The van der Waals surface area contributed by atoms with Crippen molar-refractivity contribution < 1.29 is 27.4 Å². The van der Waals surface area contributed by atoms with Crippen LogP contribution in [0.5, 0.6) is 0 Å². The fraction of sp³-hybridized carbons (Fsp3) is 0.562. The summed E-state index contributed by atoms with van der Waals surface area (Å²) in [5.74, 6) is -5.01. The van der Waals surface area contributed by atoms with Gasteiger partial charge in [0.25, 0.3) is 5.91 Å². The second kappa shape index (κ2) is 6.13. The minimum atomic E-state index is -1.59. The molecule has 2 fully saturated rings. The predicted molar refractivity (Wildman–Crippen MR) is 75.5 cm³/mol. The van der Waals surface area contributed by atoms with Crippen molar-refractivity contribution in [2.75, 3.05) is 13.2 Å². The summed E-state index contributed by atoms with van der Waals surface area (Å²) in [6.45, 7) is 3.03. The van der Waals surface area contributed by atoms with Crippen molar-refractivity contribution in [2.45, 2.75) is 43.9 Å². The van der Waals surface area contributed by atoms with E-state index in [2.05, 4.69) is 5.32 Å². The first-order valence-electron chi connectivity index (χ1n) is 7.69. The summed E-state index contributed by atoms with van der Waals surface area (Å²) in [7, 11) is 0. The Labute approximate surface area is 132 Å². The number of benzene rings is 1. The molecule has 4 nitrogen and oxygen atoms in total. The van der Waals surface area contributed by atoms with E-state index in [1.165, 1.54) is 0 Å². The van der Waals surface area contributed by atoms with Crippen LogP contribution in [0.25, 0.3) is 0 Å². The molecule has 0 bridgehead atoms. The van der Waals surface area contributed by atoms with Crippen LogP contribution in [0.3, 0.4) is 0 Å². The first kappa shape index (κ1) is 16.3. The number of nitrogens with one attached hydrogen (secondary N) is 1. The fourth-order valence-corrected chi connectivity index (χ4v) is 3.41. The van der Waals surface area contributed by atoms with Gasteiger partial charge in [-0.1, -0.05) is 0 Å². The van der Waals surface area contributed by atoms with Crippen LogP contribution in [0.4, 0.5) is 13.2 Å². The Balaban J connectivity index is 1.73. The van der Waals surface area contributed by atoms with E-state index >= 15 is 0 Å². The van der Waals surface area contributed by atoms with Gasteiger partial charge in [0.2, 0.25) is 0 Å². The minimum absolute atomic E-state index is 0.0954. The zero-order valence-electron chi connectivity index (χ0n) is 12.7. The average Bonchev–Trinajstić information content (AvgIpc) is 3.03. The highest BCUT2D eigenvalue weighted by Gasteiger charge is 2.59. The van der Waals surface area contributed by atoms with Crippen molar-refractivity contribution in [1.29, 1.82) is 0 Å². The van der Waals surface area contributed by atoms with E-state index in [1.54, 1.807) is 0 Å². The lowest BCUT2D eigenvalue weighted by Gasteiger charge is -2.52. The first-order valence-corrected chi connectivity index (χ1v) is 7.69. The Morgan fingerprint density at radius 2 is 2.09 bits per heavy atom. The van der Waals surface area contributed by atoms with E-state index in [0.29, 0.717) is 31.8 Å². The Morgan fingerprint density at radius 3 is 2.65 bits per heavy atom. The number of ether oxygens (including phenoxy) is 2. The van der Waals surface area contributed by atoms with Gasteiger partial charge in [-0.15, -0.1) is 0 Å². The molecule has 0 unspecified atom stereocenters. The molecule has 1 saturated carbocycles. The molecule has 1 N–H and O–H groups in total. The van der Waals surface area contributed by atoms with Crippen LogP contribution in [0.15, 0.2) is 12.1 Å². The van der Waals surface area contributed by atoms with E-state index in [9.17, 15) is 18.0 Å². The summed E-state index contributed by atoms with van der Waals surface area (Å²) in [5.41, 5.74) is -0.822. The third-order valence-corrected chi connectivity index (χ3v) is 4.59. The van der Waals surface area contributed by atoms with Crippen LogP contribution < -0.4 is 5.32 Å². The average molecular weight is 329 g/mol. The number of hydrogen-bond donors (Lipinski definition) is 1. The molecule has 1 aromatic rings. The van der Waals surface area contributed by atoms with Gasteiger partial charge in [0.05, 0.1) is 12.1 Å². The molecule has 1 saturated heterocycles. The monoisotopic (exact) mass is 329 g/mol. The van der Waals surface area contributed by atoms with Crippen LogP contribution in [0.2, 0.25) is 0 Å². The van der Waals surface area contributed by atoms with Crippen molar-refractivity contribution in [3.8, 4) is 0 Å². The maximum atomic E-state index is 13.3. The van der Waals surface area contributed by atoms with Crippen LogP contribution in [0, 0.1) is 17.5 Å². The number of rotatable bonds is 4. The topological polar surface area (TPSA) is 47.6 Å². The molecule has 1 amide bonds. The molecule has 23 heavy (non-hydrogen) atoms. The second-order valence-corrected chi connectivity index (χ2v) is 5.87. The van der Waals surface area contributed by atoms with Crippen molar-refractivity contribution in [2.24, 2.45) is 0 Å². The Morgan fingerprint density at radius 1 is 1.39 bits per heavy atom. The molecule has 7 heteroatoms. The molecule has 3 atom stereocenters. The lowest BCUT2D eigenvalue weighted by Crippen LogP contribution is -2.69. The summed E-state index contributed by atoms with van der Waals surface area (Å²) in [6, 6.07) is 1.09. The molecular weight excluding hydrogens is 311 g/mol. The van der Waals surface area contributed by atoms with Crippen LogP contribution in [-0.2, 0) is 9.47 Å². The zero-order chi connectivity index (χ0) is 16.6. The van der Waals surface area contributed by atoms with Gasteiger partial charge in [-0.25, -0.2) is 13.2 Å². The van der Waals surface area contributed by atoms with Crippen molar-refractivity contribution in [3.05, 3.63) is 35.1 Å². The van der Waals surface area contributed by atoms with Gasteiger partial charge < -0.3 is 14.8 Å². The number of halogens is 3. The molecule has 0 radical (unpaired) electrons. The van der Waals surface area contributed by atoms with E-state index in [1.807, 2.05) is 6.92 Å². The molecule has 1 aliphatic carbocycles. The van der Waals surface area contributed by atoms with E-state index in [-0.39, 0.29) is 17.7 Å². The van der Waals surface area contributed by atoms with E-state index in [0.717, 1.165) is 12.8 Å². The van der Waals surface area contributed by atoms with Gasteiger partial charge in [-0.2, -0.15) is 0 Å². The Kier molecular flexibility index (Phi) is 4.33. The quantitative estimate of drug-likeness (QED) is 0.864. The lowest BCUT2D eigenvalue weighted by molar-refractivity contribution is -0.194. The fourth-order valence-electron chi connectivity index (χ4n) is 3.41. The number of amides is 1. The highest BCUT2D eigenvalue weighted by atomic mass is 19.2. The number of hydrogen-bond acceptors (Lipinski definition) is 3. The first-order chi connectivity index (χ1) is 11.0. The minimum Gasteiger partial charge on any atom is -0.375 e. The molecular formula is C16H18F3NO3. The molecule has 1 heterocycles. The largest absolute Gasteiger partial charge is 0.375 e. The SMILES string of the molecule is CCO[C@@H]1C[C@H](NC(=O)c2cc(F)c(F)c(F)c2)[C@]12CCCO2. The highest BCUT2D eigenvalue weighted by molar-refractivity contribution is 5.94. The number of carbonyl (C=O) groups is 1. The summed E-state index contributed by atoms with van der Waals surface area (Å²) in [5, 5.41) is 2.73. The number of carbonyl (C=O) groups excluding carboxylic acids is 1. The normalized spacial score (nSPS) is 29.6. The van der Waals surface area contributed by atoms with Crippen molar-refractivity contribution >= 4 is 5.91 Å². The van der Waals surface area contributed by atoms with E-state index in [4.69, 9.17) is 9.47 Å². The van der Waals surface area contributed by atoms with Gasteiger partial charge in [0.15, 0.2) is 17.5 Å². The summed E-state index contributed by atoms with van der Waals surface area (Å²) < 4.78 is 50.9. The van der Waals surface area contributed by atoms with Gasteiger partial charge in [0, 0.05) is 18.8 Å². The van der Waals surface area contributed by atoms with E-state index < -0.39 is 29.0 Å². The molecule has 126 valence electrons. The molecule has 1 aliphatic heterocycles. The van der Waals surface area contributed by atoms with Gasteiger partial charge in [0.1, 0.15) is 5.60 Å². The lowest BCUT2D eigenvalue weighted by atomic mass is 9.70. The van der Waals surface area contributed by atoms with Crippen molar-refractivity contribution in [1.82, 2.24) is 5.32 Å². The maximum absolute atomic E-state index is 13.3. The van der Waals surface area contributed by atoms with Crippen molar-refractivity contribution in [3.63, 3.8) is 0 Å². The van der Waals surface area contributed by atoms with Crippen LogP contribution >= 0.6 is 0 Å². The smallest absolute Gasteiger partial charge is 0.251 e. The Bertz CT molecular complexity index is 594. The summed E-state index contributed by atoms with van der Waals surface area (Å²) >= 11 is 0. The summed E-state index contributed by atoms with van der Waals surface area (Å²) in [6.07, 6.45) is 2.11. The maximum Gasteiger partial charge on any atom is 0.251 e. The standard InChI is InChI=1S/C16H18F3NO3/c1-2-22-13-8-12(16(13)4-3-5-23-16)20-15(21)9-6-10(17)14(19)11(18)7-9/h6-7,12-13H,2-5,8H2,1H3,(H,20,21)/t12-,13+,16+/m0/s1. The zero-order valence-corrected chi connectivity index (χ0v) is 12.7. The predicted octanol–water partition coefficient (Wildman–Crippen LogP) is 2.56. The molecule has 2 aliphatic rings. The van der Waals surface area contributed by atoms with Gasteiger partial charge in [-0.3, -0.25) is 4.79 Å². The van der Waals surface area contributed by atoms with Crippen LogP contribution in [-0.4, -0.2) is 36.9 Å². The third-order valence-electron chi connectivity index (χ3n) is 4.59. The van der Waals surface area contributed by atoms with Gasteiger partial charge in [-0.05, 0) is 38.3 Å². The third kappa shape index (κ3) is 2.72. The highest BCUT2D eigenvalue weighted by Crippen LogP contribution is 2.45. The second-order valence-electron chi connectivity index (χ2n) is 5.87. The van der Waals surface area contributed by atoms with Crippen LogP contribution in [0.1, 0.15) is 36.5 Å². The molecule has 1 aromatic carbocycles. The molecule has 0 aromatic heterocycles. The summed E-state index contributed by atoms with van der Waals surface area (Å²) in [4.78, 5) is 12.2. The van der Waals surface area contributed by atoms with Gasteiger partial charge >= 0.3 is 0 Å². The molecule has 3 rings (SSSR count). The molecule has 1 spiro atoms. The Hall–Kier alpha value is -1.60.